The molecule has 0 saturated carbocycles. The molecular weight excluding hydrogens is 354 g/mol. The molecule has 0 fully saturated rings. The number of halogens is 2. The lowest BCUT2D eigenvalue weighted by molar-refractivity contribution is 0.464. The SMILES string of the molecule is N#Cc1oc2ccccc2c1Oc1cccc(Cl)c1CBr. The maximum absolute atomic E-state index is 9.22. The lowest BCUT2D eigenvalue weighted by atomic mass is 10.2. The van der Waals surface area contributed by atoms with Crippen LogP contribution in [-0.4, -0.2) is 0 Å². The number of nitrogens with zero attached hydrogens (tertiary/aromatic N) is 1. The summed E-state index contributed by atoms with van der Waals surface area (Å²) in [5.74, 6) is 1.16. The predicted octanol–water partition coefficient (Wildman–Crippen LogP) is 5.65. The second kappa shape index (κ2) is 5.80. The largest absolute Gasteiger partial charge is 0.451 e. The number of benzene rings is 2. The van der Waals surface area contributed by atoms with Gasteiger partial charge in [0.15, 0.2) is 5.75 Å². The van der Waals surface area contributed by atoms with E-state index in [1.54, 1.807) is 18.2 Å². The van der Waals surface area contributed by atoms with Crippen molar-refractivity contribution in [3.05, 3.63) is 58.8 Å². The number of hydrogen-bond acceptors (Lipinski definition) is 3. The van der Waals surface area contributed by atoms with Crippen LogP contribution in [0.3, 0.4) is 0 Å². The van der Waals surface area contributed by atoms with Gasteiger partial charge in [0, 0.05) is 15.9 Å². The number of furan rings is 1. The van der Waals surface area contributed by atoms with Crippen LogP contribution in [-0.2, 0) is 5.33 Å². The van der Waals surface area contributed by atoms with E-state index in [2.05, 4.69) is 15.9 Å². The molecule has 0 spiro atoms. The standard InChI is InChI=1S/C16H9BrClNO2/c17-8-11-12(18)5-3-7-14(11)21-16-10-4-1-2-6-13(10)20-15(16)9-19/h1-7H,8H2. The fourth-order valence-electron chi connectivity index (χ4n) is 2.07. The average molecular weight is 363 g/mol. The van der Waals surface area contributed by atoms with Gasteiger partial charge in [0.1, 0.15) is 17.4 Å². The molecular formula is C16H9BrClNO2. The van der Waals surface area contributed by atoms with Crippen molar-refractivity contribution in [2.75, 3.05) is 0 Å². The van der Waals surface area contributed by atoms with Crippen molar-refractivity contribution in [1.82, 2.24) is 0 Å². The van der Waals surface area contributed by atoms with E-state index in [9.17, 15) is 5.26 Å². The number of fused-ring (bicyclic) bond motifs is 1. The van der Waals surface area contributed by atoms with Gasteiger partial charge in [-0.2, -0.15) is 5.26 Å². The van der Waals surface area contributed by atoms with Crippen LogP contribution >= 0.6 is 27.5 Å². The van der Waals surface area contributed by atoms with Crippen LogP contribution in [0.4, 0.5) is 0 Å². The highest BCUT2D eigenvalue weighted by molar-refractivity contribution is 9.08. The first-order chi connectivity index (χ1) is 10.2. The van der Waals surface area contributed by atoms with Gasteiger partial charge in [0.2, 0.25) is 5.76 Å². The van der Waals surface area contributed by atoms with E-state index in [0.717, 1.165) is 10.9 Å². The Morgan fingerprint density at radius 2 is 2.00 bits per heavy atom. The molecule has 0 N–H and O–H groups in total. The molecule has 1 aromatic heterocycles. The first-order valence-electron chi connectivity index (χ1n) is 6.17. The molecule has 0 saturated heterocycles. The summed E-state index contributed by atoms with van der Waals surface area (Å²) in [5, 5.41) is 11.1. The highest BCUT2D eigenvalue weighted by atomic mass is 79.9. The van der Waals surface area contributed by atoms with Crippen molar-refractivity contribution in [3.8, 4) is 17.6 Å². The minimum atomic E-state index is 0.150. The monoisotopic (exact) mass is 361 g/mol. The summed E-state index contributed by atoms with van der Waals surface area (Å²) in [6, 6.07) is 14.8. The van der Waals surface area contributed by atoms with Crippen molar-refractivity contribution in [2.45, 2.75) is 5.33 Å². The van der Waals surface area contributed by atoms with Gasteiger partial charge in [-0.15, -0.1) is 0 Å². The zero-order valence-corrected chi connectivity index (χ0v) is 13.1. The van der Waals surface area contributed by atoms with Crippen molar-refractivity contribution in [3.63, 3.8) is 0 Å². The third-order valence-electron chi connectivity index (χ3n) is 3.07. The van der Waals surface area contributed by atoms with E-state index >= 15 is 0 Å². The quantitative estimate of drug-likeness (QED) is 0.566. The summed E-state index contributed by atoms with van der Waals surface area (Å²) in [5.41, 5.74) is 1.44. The van der Waals surface area contributed by atoms with Crippen LogP contribution in [0.25, 0.3) is 11.0 Å². The van der Waals surface area contributed by atoms with E-state index in [4.69, 9.17) is 20.8 Å². The Labute approximate surface area is 134 Å². The van der Waals surface area contributed by atoms with Gasteiger partial charge < -0.3 is 9.15 Å². The number of alkyl halides is 1. The van der Waals surface area contributed by atoms with E-state index in [1.807, 2.05) is 30.3 Å². The lowest BCUT2D eigenvalue weighted by Crippen LogP contribution is -1.91. The van der Waals surface area contributed by atoms with Crippen molar-refractivity contribution in [1.29, 1.82) is 5.26 Å². The van der Waals surface area contributed by atoms with Gasteiger partial charge in [-0.05, 0) is 24.3 Å². The molecule has 0 aliphatic rings. The van der Waals surface area contributed by atoms with E-state index in [0.29, 0.717) is 27.4 Å². The number of ether oxygens (including phenoxy) is 1. The maximum Gasteiger partial charge on any atom is 0.247 e. The summed E-state index contributed by atoms with van der Waals surface area (Å²) < 4.78 is 11.4. The number of rotatable bonds is 3. The van der Waals surface area contributed by atoms with Crippen molar-refractivity contribution < 1.29 is 9.15 Å². The zero-order valence-electron chi connectivity index (χ0n) is 10.8. The second-order valence-electron chi connectivity index (χ2n) is 4.32. The Morgan fingerprint density at radius 1 is 1.19 bits per heavy atom. The van der Waals surface area contributed by atoms with Crippen LogP contribution in [0, 0.1) is 11.3 Å². The first-order valence-corrected chi connectivity index (χ1v) is 7.67. The first kappa shape index (κ1) is 14.0. The van der Waals surface area contributed by atoms with E-state index < -0.39 is 0 Å². The number of nitriles is 1. The molecule has 0 unspecified atom stereocenters. The maximum atomic E-state index is 9.22. The van der Waals surface area contributed by atoms with Crippen LogP contribution < -0.4 is 4.74 Å². The summed E-state index contributed by atoms with van der Waals surface area (Å²) in [4.78, 5) is 0. The van der Waals surface area contributed by atoms with Gasteiger partial charge >= 0.3 is 0 Å². The molecule has 5 heteroatoms. The third kappa shape index (κ3) is 2.51. The molecule has 3 rings (SSSR count). The Hall–Kier alpha value is -1.96. The molecule has 0 atom stereocenters. The molecule has 0 bridgehead atoms. The predicted molar refractivity (Wildman–Crippen MR) is 85.1 cm³/mol. The van der Waals surface area contributed by atoms with Crippen molar-refractivity contribution >= 4 is 38.5 Å². The van der Waals surface area contributed by atoms with Gasteiger partial charge in [-0.1, -0.05) is 45.7 Å². The van der Waals surface area contributed by atoms with Crippen molar-refractivity contribution in [2.24, 2.45) is 0 Å². The Morgan fingerprint density at radius 3 is 2.76 bits per heavy atom. The van der Waals surface area contributed by atoms with Gasteiger partial charge in [0.05, 0.1) is 5.39 Å². The highest BCUT2D eigenvalue weighted by Crippen LogP contribution is 2.38. The second-order valence-corrected chi connectivity index (χ2v) is 5.29. The fourth-order valence-corrected chi connectivity index (χ4v) is 3.04. The van der Waals surface area contributed by atoms with Crippen LogP contribution in [0.15, 0.2) is 46.9 Å². The summed E-state index contributed by atoms with van der Waals surface area (Å²) in [6.07, 6.45) is 0. The normalized spacial score (nSPS) is 10.5. The van der Waals surface area contributed by atoms with E-state index in [1.165, 1.54) is 0 Å². The Kier molecular flexibility index (Phi) is 3.87. The minimum Gasteiger partial charge on any atom is -0.451 e. The third-order valence-corrected chi connectivity index (χ3v) is 3.99. The summed E-state index contributed by atoms with van der Waals surface area (Å²) in [6.45, 7) is 0. The molecule has 0 aliphatic carbocycles. The molecule has 0 amide bonds. The molecule has 3 nitrogen and oxygen atoms in total. The van der Waals surface area contributed by atoms with Gasteiger partial charge in [-0.25, -0.2) is 0 Å². The van der Waals surface area contributed by atoms with Gasteiger partial charge in [0.25, 0.3) is 0 Å². The molecule has 104 valence electrons. The fraction of sp³-hybridized carbons (Fsp3) is 0.0625. The Bertz CT molecular complexity index is 851. The molecule has 1 heterocycles. The molecule has 0 aliphatic heterocycles. The zero-order chi connectivity index (χ0) is 14.8. The number of para-hydroxylation sites is 1. The molecule has 2 aromatic carbocycles. The van der Waals surface area contributed by atoms with E-state index in [-0.39, 0.29) is 5.76 Å². The summed E-state index contributed by atoms with van der Waals surface area (Å²) >= 11 is 9.56. The van der Waals surface area contributed by atoms with Crippen LogP contribution in [0.1, 0.15) is 11.3 Å². The number of hydrogen-bond donors (Lipinski definition) is 0. The average Bonchev–Trinajstić information content (AvgIpc) is 2.86. The summed E-state index contributed by atoms with van der Waals surface area (Å²) in [7, 11) is 0. The lowest BCUT2D eigenvalue weighted by Gasteiger charge is -2.10. The van der Waals surface area contributed by atoms with Gasteiger partial charge in [-0.3, -0.25) is 0 Å². The highest BCUT2D eigenvalue weighted by Gasteiger charge is 2.17. The topological polar surface area (TPSA) is 46.2 Å². The molecule has 3 aromatic rings. The molecule has 0 radical (unpaired) electrons. The Balaban J connectivity index is 2.15. The van der Waals surface area contributed by atoms with Crippen LogP contribution in [0.5, 0.6) is 11.5 Å². The molecule has 21 heavy (non-hydrogen) atoms. The smallest absolute Gasteiger partial charge is 0.247 e. The van der Waals surface area contributed by atoms with Crippen LogP contribution in [0.2, 0.25) is 5.02 Å². The minimum absolute atomic E-state index is 0.150.